The topological polar surface area (TPSA) is 78.9 Å². The highest BCUT2D eigenvalue weighted by atomic mass is 35.5. The first-order chi connectivity index (χ1) is 9.52. The minimum absolute atomic E-state index is 0.0440. The zero-order valence-corrected chi connectivity index (χ0v) is 11.9. The molecular weight excluding hydrogens is 284 g/mol. The number of nitrogens with one attached hydrogen (secondary N) is 1. The molecule has 0 saturated heterocycles. The van der Waals surface area contributed by atoms with Crippen molar-refractivity contribution in [2.24, 2.45) is 0 Å². The zero-order valence-electron chi connectivity index (χ0n) is 11.1. The summed E-state index contributed by atoms with van der Waals surface area (Å²) in [5, 5.41) is 12.1. The van der Waals surface area contributed by atoms with E-state index < -0.39 is 5.97 Å². The Kier molecular flexibility index (Phi) is 6.83. The number of halogens is 1. The van der Waals surface area contributed by atoms with Crippen LogP contribution in [0.4, 0.5) is 5.69 Å². The van der Waals surface area contributed by atoms with Gasteiger partial charge in [-0.2, -0.15) is 0 Å². The maximum absolute atomic E-state index is 11.7. The second-order valence-corrected chi connectivity index (χ2v) is 4.51. The Morgan fingerprint density at radius 3 is 2.50 bits per heavy atom. The van der Waals surface area contributed by atoms with E-state index in [-0.39, 0.29) is 19.0 Å². The molecule has 7 heteroatoms. The molecule has 0 bridgehead atoms. The summed E-state index contributed by atoms with van der Waals surface area (Å²) in [5.41, 5.74) is 0.624. The molecule has 0 radical (unpaired) electrons. The molecule has 0 aliphatic carbocycles. The van der Waals surface area contributed by atoms with Crippen molar-refractivity contribution in [1.29, 1.82) is 0 Å². The van der Waals surface area contributed by atoms with Gasteiger partial charge in [0.2, 0.25) is 5.91 Å². The summed E-state index contributed by atoms with van der Waals surface area (Å²) in [6.07, 6.45) is 0. The summed E-state index contributed by atoms with van der Waals surface area (Å²) in [7, 11) is 1.54. The minimum atomic E-state index is -1.01. The van der Waals surface area contributed by atoms with Crippen LogP contribution in [0.15, 0.2) is 24.3 Å². The molecule has 1 aromatic carbocycles. The number of methoxy groups -OCH3 is 1. The van der Waals surface area contributed by atoms with Gasteiger partial charge in [-0.3, -0.25) is 9.59 Å². The summed E-state index contributed by atoms with van der Waals surface area (Å²) in [6.45, 7) is 0.486. The molecule has 0 aromatic heterocycles. The average Bonchev–Trinajstić information content (AvgIpc) is 2.38. The van der Waals surface area contributed by atoms with Gasteiger partial charge >= 0.3 is 5.97 Å². The molecular formula is C13H17ClN2O4. The van der Waals surface area contributed by atoms with Crippen LogP contribution >= 0.6 is 11.6 Å². The van der Waals surface area contributed by atoms with Crippen LogP contribution in [0.2, 0.25) is 5.02 Å². The molecule has 20 heavy (non-hydrogen) atoms. The van der Waals surface area contributed by atoms with Crippen LogP contribution in [0.5, 0.6) is 0 Å². The monoisotopic (exact) mass is 300 g/mol. The number of carboxylic acid groups (broad SMARTS) is 1. The lowest BCUT2D eigenvalue weighted by molar-refractivity contribution is -0.135. The Morgan fingerprint density at radius 2 is 1.95 bits per heavy atom. The van der Waals surface area contributed by atoms with Crippen LogP contribution in [0.3, 0.4) is 0 Å². The highest BCUT2D eigenvalue weighted by Gasteiger charge is 2.14. The fourth-order valence-electron chi connectivity index (χ4n) is 1.58. The fourth-order valence-corrected chi connectivity index (χ4v) is 1.70. The van der Waals surface area contributed by atoms with E-state index in [1.165, 1.54) is 12.0 Å². The summed E-state index contributed by atoms with van der Waals surface area (Å²) in [5.74, 6) is -1.28. The number of benzene rings is 1. The van der Waals surface area contributed by atoms with Crippen LogP contribution in [0.25, 0.3) is 0 Å². The number of rotatable bonds is 8. The van der Waals surface area contributed by atoms with Crippen LogP contribution in [-0.2, 0) is 14.3 Å². The molecule has 0 fully saturated rings. The molecule has 0 aliphatic heterocycles. The van der Waals surface area contributed by atoms with Crippen molar-refractivity contribution in [2.45, 2.75) is 0 Å². The smallest absolute Gasteiger partial charge is 0.323 e. The highest BCUT2D eigenvalue weighted by Crippen LogP contribution is 2.17. The zero-order chi connectivity index (χ0) is 15.0. The largest absolute Gasteiger partial charge is 0.480 e. The second kappa shape index (κ2) is 8.39. The summed E-state index contributed by atoms with van der Waals surface area (Å²) < 4.78 is 4.82. The standard InChI is InChI=1S/C13H17ClN2O4/c1-20-7-6-15-12(17)8-16(9-13(18)19)11-4-2-10(14)3-5-11/h2-5H,6-9H2,1H3,(H,15,17)(H,18,19). The molecule has 0 heterocycles. The molecule has 0 unspecified atom stereocenters. The Bertz CT molecular complexity index is 450. The Labute approximate surface area is 122 Å². The number of nitrogens with zero attached hydrogens (tertiary/aromatic N) is 1. The Hall–Kier alpha value is -1.79. The first kappa shape index (κ1) is 16.3. The summed E-state index contributed by atoms with van der Waals surface area (Å²) in [4.78, 5) is 24.1. The quantitative estimate of drug-likeness (QED) is 0.700. The Balaban J connectivity index is 2.67. The number of carbonyl (C=O) groups is 2. The highest BCUT2D eigenvalue weighted by molar-refractivity contribution is 6.30. The number of amides is 1. The number of carboxylic acids is 1. The van der Waals surface area contributed by atoms with Crippen molar-refractivity contribution in [2.75, 3.05) is 38.3 Å². The predicted molar refractivity (Wildman–Crippen MR) is 76.2 cm³/mol. The van der Waals surface area contributed by atoms with E-state index in [0.717, 1.165) is 0 Å². The van der Waals surface area contributed by atoms with Gasteiger partial charge in [-0.15, -0.1) is 0 Å². The third-order valence-electron chi connectivity index (χ3n) is 2.48. The van der Waals surface area contributed by atoms with Gasteiger partial charge in [0.1, 0.15) is 6.54 Å². The lowest BCUT2D eigenvalue weighted by atomic mass is 10.2. The van der Waals surface area contributed by atoms with E-state index in [1.54, 1.807) is 24.3 Å². The van der Waals surface area contributed by atoms with Crippen LogP contribution in [0, 0.1) is 0 Å². The van der Waals surface area contributed by atoms with Gasteiger partial charge in [0, 0.05) is 24.4 Å². The van der Waals surface area contributed by atoms with Crippen molar-refractivity contribution in [3.05, 3.63) is 29.3 Å². The van der Waals surface area contributed by atoms with Crippen LogP contribution in [-0.4, -0.2) is 50.3 Å². The lowest BCUT2D eigenvalue weighted by Crippen LogP contribution is -2.40. The average molecular weight is 301 g/mol. The second-order valence-electron chi connectivity index (χ2n) is 4.07. The first-order valence-corrected chi connectivity index (χ1v) is 6.38. The molecule has 1 rings (SSSR count). The minimum Gasteiger partial charge on any atom is -0.480 e. The lowest BCUT2D eigenvalue weighted by Gasteiger charge is -2.22. The van der Waals surface area contributed by atoms with E-state index in [1.807, 2.05) is 0 Å². The van der Waals surface area contributed by atoms with Gasteiger partial charge < -0.3 is 20.1 Å². The van der Waals surface area contributed by atoms with Gasteiger partial charge in [-0.1, -0.05) is 11.6 Å². The number of ether oxygens (including phenoxy) is 1. The van der Waals surface area contributed by atoms with Crippen molar-refractivity contribution in [1.82, 2.24) is 5.32 Å². The number of hydrogen-bond donors (Lipinski definition) is 2. The van der Waals surface area contributed by atoms with Crippen molar-refractivity contribution in [3.8, 4) is 0 Å². The number of carbonyl (C=O) groups excluding carboxylic acids is 1. The summed E-state index contributed by atoms with van der Waals surface area (Å²) >= 11 is 5.78. The van der Waals surface area contributed by atoms with Crippen molar-refractivity contribution < 1.29 is 19.4 Å². The first-order valence-electron chi connectivity index (χ1n) is 6.01. The maximum atomic E-state index is 11.7. The normalized spacial score (nSPS) is 10.1. The molecule has 1 aromatic rings. The van der Waals surface area contributed by atoms with Crippen LogP contribution < -0.4 is 10.2 Å². The molecule has 0 atom stereocenters. The predicted octanol–water partition coefficient (Wildman–Crippen LogP) is 0.994. The van der Waals surface area contributed by atoms with E-state index in [0.29, 0.717) is 23.9 Å². The third kappa shape index (κ3) is 5.90. The SMILES string of the molecule is COCCNC(=O)CN(CC(=O)O)c1ccc(Cl)cc1. The van der Waals surface area contributed by atoms with Gasteiger partial charge in [0.05, 0.1) is 13.2 Å². The van der Waals surface area contributed by atoms with Gasteiger partial charge in [0.25, 0.3) is 0 Å². The molecule has 2 N–H and O–H groups in total. The van der Waals surface area contributed by atoms with Gasteiger partial charge in [-0.05, 0) is 24.3 Å². The van der Waals surface area contributed by atoms with Crippen molar-refractivity contribution >= 4 is 29.2 Å². The van der Waals surface area contributed by atoms with Crippen LogP contribution in [0.1, 0.15) is 0 Å². The molecule has 6 nitrogen and oxygen atoms in total. The molecule has 110 valence electrons. The fraction of sp³-hybridized carbons (Fsp3) is 0.385. The van der Waals surface area contributed by atoms with Gasteiger partial charge in [0.15, 0.2) is 0 Å². The number of aliphatic carboxylic acids is 1. The maximum Gasteiger partial charge on any atom is 0.323 e. The van der Waals surface area contributed by atoms with Gasteiger partial charge in [-0.25, -0.2) is 0 Å². The third-order valence-corrected chi connectivity index (χ3v) is 2.73. The Morgan fingerprint density at radius 1 is 1.30 bits per heavy atom. The molecule has 0 saturated carbocycles. The van der Waals surface area contributed by atoms with Crippen molar-refractivity contribution in [3.63, 3.8) is 0 Å². The molecule has 0 spiro atoms. The van der Waals surface area contributed by atoms with E-state index in [9.17, 15) is 9.59 Å². The van der Waals surface area contributed by atoms with E-state index in [2.05, 4.69) is 5.32 Å². The molecule has 0 aliphatic rings. The van der Waals surface area contributed by atoms with E-state index >= 15 is 0 Å². The number of anilines is 1. The molecule has 1 amide bonds. The number of hydrogen-bond acceptors (Lipinski definition) is 4. The summed E-state index contributed by atoms with van der Waals surface area (Å²) in [6, 6.07) is 6.64. The van der Waals surface area contributed by atoms with E-state index in [4.69, 9.17) is 21.4 Å².